The average Bonchev–Trinajstić information content (AvgIpc) is 2.60. The summed E-state index contributed by atoms with van der Waals surface area (Å²) in [5.74, 6) is -1.46. The normalized spacial score (nSPS) is 41.4. The molecule has 5 heteroatoms. The van der Waals surface area contributed by atoms with Crippen molar-refractivity contribution in [3.05, 3.63) is 0 Å². The molecule has 1 atom stereocenters. The molecule has 1 saturated heterocycles. The Labute approximate surface area is 101 Å². The molecule has 1 unspecified atom stereocenters. The lowest BCUT2D eigenvalue weighted by atomic mass is 9.69. The molecule has 17 heavy (non-hydrogen) atoms. The van der Waals surface area contributed by atoms with Gasteiger partial charge in [-0.3, -0.25) is 4.79 Å². The number of carboxylic acid groups (broad SMARTS) is 1. The highest BCUT2D eigenvalue weighted by molar-refractivity contribution is 5.75. The molecule has 2 fully saturated rings. The molecule has 2 aliphatic rings. The number of carbonyl (C=O) groups is 1. The van der Waals surface area contributed by atoms with Crippen molar-refractivity contribution in [2.24, 2.45) is 11.1 Å². The fourth-order valence-electron chi connectivity index (χ4n) is 2.79. The van der Waals surface area contributed by atoms with Crippen LogP contribution in [0.3, 0.4) is 0 Å². The molecule has 0 bridgehead atoms. The summed E-state index contributed by atoms with van der Waals surface area (Å²) >= 11 is 0. The van der Waals surface area contributed by atoms with Gasteiger partial charge < -0.3 is 20.3 Å². The quantitative estimate of drug-likeness (QED) is 0.759. The second kappa shape index (κ2) is 4.23. The van der Waals surface area contributed by atoms with Crippen molar-refractivity contribution in [1.82, 2.24) is 0 Å². The first-order valence-electron chi connectivity index (χ1n) is 6.16. The van der Waals surface area contributed by atoms with Gasteiger partial charge in [-0.25, -0.2) is 0 Å². The number of ether oxygens (including phenoxy) is 2. The van der Waals surface area contributed by atoms with Gasteiger partial charge in [0.25, 0.3) is 0 Å². The van der Waals surface area contributed by atoms with Crippen LogP contribution in [0.4, 0.5) is 0 Å². The predicted octanol–water partition coefficient (Wildman–Crippen LogP) is 1.11. The number of hydrogen-bond donors (Lipinski definition) is 2. The Balaban J connectivity index is 2.16. The second-order valence-corrected chi connectivity index (χ2v) is 5.62. The van der Waals surface area contributed by atoms with Gasteiger partial charge in [0.2, 0.25) is 0 Å². The van der Waals surface area contributed by atoms with Crippen molar-refractivity contribution in [2.45, 2.75) is 57.5 Å². The maximum atomic E-state index is 11.6. The highest BCUT2D eigenvalue weighted by Gasteiger charge is 2.53. The molecule has 0 radical (unpaired) electrons. The van der Waals surface area contributed by atoms with Gasteiger partial charge in [-0.05, 0) is 39.5 Å². The van der Waals surface area contributed by atoms with E-state index in [1.54, 1.807) is 0 Å². The molecule has 0 spiro atoms. The van der Waals surface area contributed by atoms with Gasteiger partial charge in [-0.2, -0.15) is 0 Å². The molecule has 1 heterocycles. The van der Waals surface area contributed by atoms with Gasteiger partial charge in [-0.1, -0.05) is 0 Å². The Morgan fingerprint density at radius 3 is 2.35 bits per heavy atom. The third-order valence-corrected chi connectivity index (χ3v) is 3.97. The minimum atomic E-state index is -0.816. The van der Waals surface area contributed by atoms with Crippen LogP contribution in [-0.4, -0.2) is 35.6 Å². The van der Waals surface area contributed by atoms with E-state index in [2.05, 4.69) is 0 Å². The van der Waals surface area contributed by atoms with E-state index in [4.69, 9.17) is 15.2 Å². The summed E-state index contributed by atoms with van der Waals surface area (Å²) < 4.78 is 11.2. The van der Waals surface area contributed by atoms with Gasteiger partial charge in [0, 0.05) is 6.04 Å². The van der Waals surface area contributed by atoms with Crippen molar-refractivity contribution >= 4 is 5.97 Å². The molecule has 1 aliphatic heterocycles. The van der Waals surface area contributed by atoms with Gasteiger partial charge in [0.05, 0.1) is 12.0 Å². The fourth-order valence-corrected chi connectivity index (χ4v) is 2.79. The lowest BCUT2D eigenvalue weighted by Gasteiger charge is -2.39. The molecular weight excluding hydrogens is 222 g/mol. The summed E-state index contributed by atoms with van der Waals surface area (Å²) in [7, 11) is 0. The first-order valence-corrected chi connectivity index (χ1v) is 6.16. The van der Waals surface area contributed by atoms with Crippen molar-refractivity contribution < 1.29 is 19.4 Å². The SMILES string of the molecule is CC1(C)OCC(C2(C(=O)O)CCC(N)CC2)O1. The first kappa shape index (κ1) is 12.8. The molecule has 0 amide bonds. The van der Waals surface area contributed by atoms with Crippen molar-refractivity contribution in [2.75, 3.05) is 6.61 Å². The molecule has 2 rings (SSSR count). The summed E-state index contributed by atoms with van der Waals surface area (Å²) in [4.78, 5) is 11.6. The Hall–Kier alpha value is -0.650. The van der Waals surface area contributed by atoms with Crippen LogP contribution < -0.4 is 5.73 Å². The molecule has 98 valence electrons. The van der Waals surface area contributed by atoms with E-state index < -0.39 is 17.2 Å². The largest absolute Gasteiger partial charge is 0.481 e. The van der Waals surface area contributed by atoms with Crippen LogP contribution in [0.1, 0.15) is 39.5 Å². The molecule has 5 nitrogen and oxygen atoms in total. The van der Waals surface area contributed by atoms with E-state index >= 15 is 0 Å². The lowest BCUT2D eigenvalue weighted by molar-refractivity contribution is -0.177. The molecule has 0 aromatic heterocycles. The number of hydrogen-bond acceptors (Lipinski definition) is 4. The predicted molar refractivity (Wildman–Crippen MR) is 61.4 cm³/mol. The first-order chi connectivity index (χ1) is 7.86. The molecule has 1 saturated carbocycles. The van der Waals surface area contributed by atoms with Gasteiger partial charge in [0.15, 0.2) is 5.79 Å². The van der Waals surface area contributed by atoms with Crippen molar-refractivity contribution in [1.29, 1.82) is 0 Å². The Morgan fingerprint density at radius 2 is 1.94 bits per heavy atom. The third-order valence-electron chi connectivity index (χ3n) is 3.97. The molecule has 0 aromatic rings. The fraction of sp³-hybridized carbons (Fsp3) is 0.917. The van der Waals surface area contributed by atoms with Crippen LogP contribution in [0.15, 0.2) is 0 Å². The number of nitrogens with two attached hydrogens (primary N) is 1. The van der Waals surface area contributed by atoms with E-state index in [1.807, 2.05) is 13.8 Å². The topological polar surface area (TPSA) is 81.8 Å². The molecular formula is C12H21NO4. The summed E-state index contributed by atoms with van der Waals surface area (Å²) in [6.07, 6.45) is 2.28. The van der Waals surface area contributed by atoms with E-state index in [0.29, 0.717) is 19.4 Å². The molecule has 0 aromatic carbocycles. The van der Waals surface area contributed by atoms with Gasteiger partial charge >= 0.3 is 5.97 Å². The maximum Gasteiger partial charge on any atom is 0.312 e. The Bertz CT molecular complexity index is 308. The summed E-state index contributed by atoms with van der Waals surface area (Å²) in [5, 5.41) is 9.53. The highest BCUT2D eigenvalue weighted by atomic mass is 16.7. The lowest BCUT2D eigenvalue weighted by Crippen LogP contribution is -2.48. The van der Waals surface area contributed by atoms with E-state index in [9.17, 15) is 9.90 Å². The van der Waals surface area contributed by atoms with Crippen LogP contribution in [0.25, 0.3) is 0 Å². The maximum absolute atomic E-state index is 11.6. The Kier molecular flexibility index (Phi) is 3.18. The van der Waals surface area contributed by atoms with E-state index in [-0.39, 0.29) is 12.1 Å². The zero-order valence-electron chi connectivity index (χ0n) is 10.4. The van der Waals surface area contributed by atoms with Crippen LogP contribution in [0.2, 0.25) is 0 Å². The van der Waals surface area contributed by atoms with Crippen LogP contribution in [-0.2, 0) is 14.3 Å². The average molecular weight is 243 g/mol. The third kappa shape index (κ3) is 2.32. The van der Waals surface area contributed by atoms with E-state index in [1.165, 1.54) is 0 Å². The van der Waals surface area contributed by atoms with Crippen LogP contribution in [0, 0.1) is 5.41 Å². The summed E-state index contributed by atoms with van der Waals surface area (Å²) in [6, 6.07) is 0.123. The smallest absolute Gasteiger partial charge is 0.312 e. The monoisotopic (exact) mass is 243 g/mol. The second-order valence-electron chi connectivity index (χ2n) is 5.62. The van der Waals surface area contributed by atoms with Crippen molar-refractivity contribution in [3.8, 4) is 0 Å². The zero-order valence-corrected chi connectivity index (χ0v) is 10.4. The Morgan fingerprint density at radius 1 is 1.35 bits per heavy atom. The van der Waals surface area contributed by atoms with E-state index in [0.717, 1.165) is 12.8 Å². The van der Waals surface area contributed by atoms with Crippen LogP contribution in [0.5, 0.6) is 0 Å². The van der Waals surface area contributed by atoms with Crippen molar-refractivity contribution in [3.63, 3.8) is 0 Å². The standard InChI is InChI=1S/C12H21NO4/c1-11(2)16-7-9(17-11)12(10(14)15)5-3-8(13)4-6-12/h8-9H,3-7,13H2,1-2H3,(H,14,15). The highest BCUT2D eigenvalue weighted by Crippen LogP contribution is 2.44. The summed E-state index contributed by atoms with van der Waals surface area (Å²) in [6.45, 7) is 3.99. The minimum Gasteiger partial charge on any atom is -0.481 e. The van der Waals surface area contributed by atoms with Gasteiger partial charge in [-0.15, -0.1) is 0 Å². The zero-order chi connectivity index (χ0) is 12.7. The minimum absolute atomic E-state index is 0.123. The number of carboxylic acids is 1. The molecule has 3 N–H and O–H groups in total. The number of rotatable bonds is 2. The molecule has 1 aliphatic carbocycles. The van der Waals surface area contributed by atoms with Crippen LogP contribution >= 0.6 is 0 Å². The summed E-state index contributed by atoms with van der Waals surface area (Å²) in [5.41, 5.74) is 5.03. The number of aliphatic carboxylic acids is 1. The van der Waals surface area contributed by atoms with Gasteiger partial charge in [0.1, 0.15) is 6.10 Å².